The van der Waals surface area contributed by atoms with Gasteiger partial charge in [0.1, 0.15) is 5.75 Å². The van der Waals surface area contributed by atoms with Crippen LogP contribution in [0.3, 0.4) is 0 Å². The third kappa shape index (κ3) is 2.26. The zero-order valence-corrected chi connectivity index (χ0v) is 11.2. The lowest BCUT2D eigenvalue weighted by atomic mass is 9.83. The van der Waals surface area contributed by atoms with E-state index in [1.54, 1.807) is 0 Å². The number of nitrogens with one attached hydrogen (secondary N) is 1. The Kier molecular flexibility index (Phi) is 3.55. The second kappa shape index (κ2) is 5.31. The standard InChI is InChI=1S/C16H23NO/c1-17-15-9-10-18-16-11-13(7-8-14(15)16)12-5-3-2-4-6-12/h7-8,11-12,15,17H,2-6,9-10H2,1H3. The van der Waals surface area contributed by atoms with Crippen LogP contribution in [0.4, 0.5) is 0 Å². The maximum atomic E-state index is 5.85. The van der Waals surface area contributed by atoms with Gasteiger partial charge in [0.05, 0.1) is 6.61 Å². The molecule has 1 heterocycles. The lowest BCUT2D eigenvalue weighted by Crippen LogP contribution is -2.24. The summed E-state index contributed by atoms with van der Waals surface area (Å²) in [5, 5.41) is 3.38. The molecule has 1 aromatic rings. The molecule has 1 atom stereocenters. The lowest BCUT2D eigenvalue weighted by Gasteiger charge is -2.28. The van der Waals surface area contributed by atoms with Crippen molar-refractivity contribution in [2.75, 3.05) is 13.7 Å². The quantitative estimate of drug-likeness (QED) is 0.856. The summed E-state index contributed by atoms with van der Waals surface area (Å²) < 4.78 is 5.85. The second-order valence-electron chi connectivity index (χ2n) is 5.61. The van der Waals surface area contributed by atoms with Gasteiger partial charge in [0.25, 0.3) is 0 Å². The third-order valence-electron chi connectivity index (χ3n) is 4.50. The van der Waals surface area contributed by atoms with Crippen molar-refractivity contribution in [2.45, 2.75) is 50.5 Å². The van der Waals surface area contributed by atoms with Crippen LogP contribution in [0.2, 0.25) is 0 Å². The third-order valence-corrected chi connectivity index (χ3v) is 4.50. The van der Waals surface area contributed by atoms with E-state index >= 15 is 0 Å². The van der Waals surface area contributed by atoms with E-state index in [0.717, 1.165) is 24.7 Å². The topological polar surface area (TPSA) is 21.3 Å². The molecule has 2 heteroatoms. The van der Waals surface area contributed by atoms with Gasteiger partial charge >= 0.3 is 0 Å². The van der Waals surface area contributed by atoms with Crippen LogP contribution in [0.5, 0.6) is 5.75 Å². The summed E-state index contributed by atoms with van der Waals surface area (Å²) in [5.74, 6) is 1.88. The number of ether oxygens (including phenoxy) is 1. The molecule has 1 fully saturated rings. The molecule has 0 aromatic heterocycles. The largest absolute Gasteiger partial charge is 0.493 e. The van der Waals surface area contributed by atoms with Gasteiger partial charge in [0.2, 0.25) is 0 Å². The van der Waals surface area contributed by atoms with E-state index in [4.69, 9.17) is 4.74 Å². The Bertz CT molecular complexity index is 410. The molecule has 0 radical (unpaired) electrons. The molecule has 1 unspecified atom stereocenters. The molecular weight excluding hydrogens is 222 g/mol. The summed E-state index contributed by atoms with van der Waals surface area (Å²) in [4.78, 5) is 0. The van der Waals surface area contributed by atoms with Crippen molar-refractivity contribution in [3.05, 3.63) is 29.3 Å². The van der Waals surface area contributed by atoms with Gasteiger partial charge in [-0.2, -0.15) is 0 Å². The molecule has 0 bridgehead atoms. The molecule has 1 aromatic carbocycles. The first-order valence-electron chi connectivity index (χ1n) is 7.32. The Morgan fingerprint density at radius 1 is 1.11 bits per heavy atom. The van der Waals surface area contributed by atoms with Crippen LogP contribution in [0, 0.1) is 0 Å². The molecule has 0 spiro atoms. The fourth-order valence-corrected chi connectivity index (χ4v) is 3.40. The second-order valence-corrected chi connectivity index (χ2v) is 5.61. The molecular formula is C16H23NO. The van der Waals surface area contributed by atoms with Crippen LogP contribution in [-0.2, 0) is 0 Å². The highest BCUT2D eigenvalue weighted by Gasteiger charge is 2.22. The number of hydrogen-bond acceptors (Lipinski definition) is 2. The number of hydrogen-bond donors (Lipinski definition) is 1. The molecule has 0 amide bonds. The molecule has 3 rings (SSSR count). The highest BCUT2D eigenvalue weighted by Crippen LogP contribution is 2.38. The van der Waals surface area contributed by atoms with Crippen molar-refractivity contribution in [3.8, 4) is 5.75 Å². The first kappa shape index (κ1) is 12.0. The predicted octanol–water partition coefficient (Wildman–Crippen LogP) is 3.78. The minimum absolute atomic E-state index is 0.467. The Morgan fingerprint density at radius 3 is 2.72 bits per heavy atom. The van der Waals surface area contributed by atoms with E-state index in [2.05, 4.69) is 23.5 Å². The fraction of sp³-hybridized carbons (Fsp3) is 0.625. The van der Waals surface area contributed by atoms with Crippen LogP contribution in [-0.4, -0.2) is 13.7 Å². The monoisotopic (exact) mass is 245 g/mol. The number of fused-ring (bicyclic) bond motifs is 1. The first-order valence-corrected chi connectivity index (χ1v) is 7.32. The molecule has 0 saturated heterocycles. The summed E-state index contributed by atoms with van der Waals surface area (Å²) in [6.45, 7) is 0.840. The minimum atomic E-state index is 0.467. The highest BCUT2D eigenvalue weighted by molar-refractivity contribution is 5.42. The Balaban J connectivity index is 1.85. The number of benzene rings is 1. The summed E-state index contributed by atoms with van der Waals surface area (Å²) in [6.07, 6.45) is 7.98. The van der Waals surface area contributed by atoms with Crippen LogP contribution in [0.1, 0.15) is 61.6 Å². The van der Waals surface area contributed by atoms with Crippen molar-refractivity contribution in [2.24, 2.45) is 0 Å². The lowest BCUT2D eigenvalue weighted by molar-refractivity contribution is 0.257. The van der Waals surface area contributed by atoms with Gasteiger partial charge in [0.15, 0.2) is 0 Å². The Hall–Kier alpha value is -1.02. The maximum Gasteiger partial charge on any atom is 0.124 e. The van der Waals surface area contributed by atoms with E-state index in [1.807, 2.05) is 7.05 Å². The molecule has 18 heavy (non-hydrogen) atoms. The Labute approximate surface area is 110 Å². The van der Waals surface area contributed by atoms with Crippen molar-refractivity contribution in [1.82, 2.24) is 5.32 Å². The van der Waals surface area contributed by atoms with E-state index in [-0.39, 0.29) is 0 Å². The van der Waals surface area contributed by atoms with Gasteiger partial charge in [-0.25, -0.2) is 0 Å². The van der Waals surface area contributed by atoms with Crippen molar-refractivity contribution < 1.29 is 4.74 Å². The minimum Gasteiger partial charge on any atom is -0.493 e. The van der Waals surface area contributed by atoms with Crippen LogP contribution in [0.25, 0.3) is 0 Å². The van der Waals surface area contributed by atoms with Gasteiger partial charge in [-0.15, -0.1) is 0 Å². The highest BCUT2D eigenvalue weighted by atomic mass is 16.5. The van der Waals surface area contributed by atoms with E-state index in [0.29, 0.717) is 6.04 Å². The first-order chi connectivity index (χ1) is 8.88. The fourth-order valence-electron chi connectivity index (χ4n) is 3.40. The maximum absolute atomic E-state index is 5.85. The van der Waals surface area contributed by atoms with Crippen molar-refractivity contribution in [1.29, 1.82) is 0 Å². The molecule has 2 aliphatic rings. The predicted molar refractivity (Wildman–Crippen MR) is 74.2 cm³/mol. The molecule has 98 valence electrons. The van der Waals surface area contributed by atoms with Gasteiger partial charge in [-0.1, -0.05) is 31.4 Å². The smallest absolute Gasteiger partial charge is 0.124 e. The normalized spacial score (nSPS) is 24.4. The molecule has 1 aliphatic carbocycles. The van der Waals surface area contributed by atoms with Crippen molar-refractivity contribution in [3.63, 3.8) is 0 Å². The van der Waals surface area contributed by atoms with Crippen LogP contribution in [0.15, 0.2) is 18.2 Å². The van der Waals surface area contributed by atoms with E-state index in [1.165, 1.54) is 43.2 Å². The number of rotatable bonds is 2. The van der Waals surface area contributed by atoms with Crippen LogP contribution >= 0.6 is 0 Å². The summed E-state index contributed by atoms with van der Waals surface area (Å²) >= 11 is 0. The van der Waals surface area contributed by atoms with Gasteiger partial charge in [-0.3, -0.25) is 0 Å². The Morgan fingerprint density at radius 2 is 1.94 bits per heavy atom. The zero-order valence-electron chi connectivity index (χ0n) is 11.2. The summed E-state index contributed by atoms with van der Waals surface area (Å²) in [5.41, 5.74) is 2.83. The van der Waals surface area contributed by atoms with Crippen molar-refractivity contribution >= 4 is 0 Å². The molecule has 1 aliphatic heterocycles. The zero-order chi connectivity index (χ0) is 12.4. The molecule has 1 saturated carbocycles. The van der Waals surface area contributed by atoms with Gasteiger partial charge in [-0.05, 0) is 37.4 Å². The molecule has 1 N–H and O–H groups in total. The van der Waals surface area contributed by atoms with Gasteiger partial charge in [0, 0.05) is 18.0 Å². The summed E-state index contributed by atoms with van der Waals surface area (Å²) in [6, 6.07) is 7.37. The van der Waals surface area contributed by atoms with E-state index in [9.17, 15) is 0 Å². The molecule has 2 nitrogen and oxygen atoms in total. The average Bonchev–Trinajstić information content (AvgIpc) is 2.47. The average molecular weight is 245 g/mol. The summed E-state index contributed by atoms with van der Waals surface area (Å²) in [7, 11) is 2.04. The van der Waals surface area contributed by atoms with E-state index < -0.39 is 0 Å². The van der Waals surface area contributed by atoms with Gasteiger partial charge < -0.3 is 10.1 Å². The SMILES string of the molecule is CNC1CCOc2cc(C3CCCCC3)ccc21. The van der Waals surface area contributed by atoms with Crippen LogP contribution < -0.4 is 10.1 Å².